The minimum atomic E-state index is -1.60. The van der Waals surface area contributed by atoms with Gasteiger partial charge in [-0.1, -0.05) is 11.6 Å². The third kappa shape index (κ3) is 3.81. The van der Waals surface area contributed by atoms with Crippen LogP contribution in [0.3, 0.4) is 0 Å². The maximum absolute atomic E-state index is 12.3. The van der Waals surface area contributed by atoms with Crippen molar-refractivity contribution in [1.82, 2.24) is 10.9 Å². The molecule has 1 amide bonds. The molecule has 0 saturated carbocycles. The van der Waals surface area contributed by atoms with Crippen LogP contribution >= 0.6 is 0 Å². The third-order valence-corrected chi connectivity index (χ3v) is 4.11. The summed E-state index contributed by atoms with van der Waals surface area (Å²) >= 11 is 0. The van der Waals surface area contributed by atoms with Gasteiger partial charge in [-0.05, 0) is 26.2 Å². The highest BCUT2D eigenvalue weighted by Crippen LogP contribution is 2.35. The Morgan fingerprint density at radius 2 is 1.84 bits per heavy atom. The van der Waals surface area contributed by atoms with Gasteiger partial charge < -0.3 is 20.0 Å². The molecule has 1 unspecified atom stereocenters. The Hall–Kier alpha value is -2.84. The first-order valence-electron chi connectivity index (χ1n) is 7.69. The smallest absolute Gasteiger partial charge is 0.350 e. The molecule has 1 heterocycles. The summed E-state index contributed by atoms with van der Waals surface area (Å²) in [5.41, 5.74) is 3.48. The summed E-state index contributed by atoms with van der Waals surface area (Å²) < 4.78 is 9.79. The van der Waals surface area contributed by atoms with Gasteiger partial charge in [0.1, 0.15) is 0 Å². The second kappa shape index (κ2) is 6.58. The number of rotatable bonds is 4. The van der Waals surface area contributed by atoms with E-state index in [0.29, 0.717) is 6.42 Å². The van der Waals surface area contributed by atoms with Crippen LogP contribution in [0.2, 0.25) is 0 Å². The van der Waals surface area contributed by atoms with Crippen molar-refractivity contribution < 1.29 is 33.8 Å². The molecule has 1 atom stereocenters. The number of carbonyl (C=O) groups excluding carboxylic acids is 3. The van der Waals surface area contributed by atoms with Gasteiger partial charge in [-0.15, -0.1) is 0 Å². The van der Waals surface area contributed by atoms with E-state index in [1.54, 1.807) is 6.08 Å². The van der Waals surface area contributed by atoms with E-state index in [4.69, 9.17) is 9.47 Å². The van der Waals surface area contributed by atoms with Gasteiger partial charge in [0, 0.05) is 20.0 Å². The molecule has 0 aromatic carbocycles. The number of aliphatic carboxylic acids is 1. The Morgan fingerprint density at radius 1 is 1.24 bits per heavy atom. The number of hydrogen-bond donors (Lipinski definition) is 3. The Labute approximate surface area is 144 Å². The Balaban J connectivity index is 2.05. The van der Waals surface area contributed by atoms with Crippen molar-refractivity contribution in [2.24, 2.45) is 5.41 Å². The van der Waals surface area contributed by atoms with E-state index in [2.05, 4.69) is 10.9 Å². The van der Waals surface area contributed by atoms with Crippen molar-refractivity contribution in [2.75, 3.05) is 0 Å². The van der Waals surface area contributed by atoms with Crippen LogP contribution in [-0.4, -0.2) is 34.7 Å². The lowest BCUT2D eigenvalue weighted by Gasteiger charge is -2.31. The zero-order valence-corrected chi connectivity index (χ0v) is 14.2. The lowest BCUT2D eigenvalue weighted by atomic mass is 9.74. The standard InChI is InChI=1S/C16H20N2O7/c1-9-4-6-16(7-5-9,14(22)23)13(21)18-17-8-10-11(19)24-15(2,3)25-12(10)20/h4,8,17H,5-7H2,1-3H3,(H,18,21)(H,22,23). The number of ether oxygens (including phenoxy) is 2. The maximum atomic E-state index is 12.3. The molecule has 0 spiro atoms. The molecule has 3 N–H and O–H groups in total. The first-order valence-corrected chi connectivity index (χ1v) is 7.69. The Morgan fingerprint density at radius 3 is 2.32 bits per heavy atom. The summed E-state index contributed by atoms with van der Waals surface area (Å²) in [7, 11) is 0. The van der Waals surface area contributed by atoms with E-state index in [1.807, 2.05) is 6.92 Å². The molecule has 0 aromatic rings. The fraction of sp³-hybridized carbons (Fsp3) is 0.500. The molecule has 1 aliphatic heterocycles. The summed E-state index contributed by atoms with van der Waals surface area (Å²) in [6.45, 7) is 4.68. The molecular weight excluding hydrogens is 332 g/mol. The number of amides is 1. The number of nitrogens with one attached hydrogen (secondary N) is 2. The average Bonchev–Trinajstić information content (AvgIpc) is 2.49. The van der Waals surface area contributed by atoms with Crippen LogP contribution in [0.5, 0.6) is 0 Å². The van der Waals surface area contributed by atoms with Gasteiger partial charge >= 0.3 is 17.9 Å². The van der Waals surface area contributed by atoms with Crippen LogP contribution in [-0.2, 0) is 28.7 Å². The third-order valence-electron chi connectivity index (χ3n) is 4.11. The molecule has 0 radical (unpaired) electrons. The predicted molar refractivity (Wildman–Crippen MR) is 83.3 cm³/mol. The molecule has 2 aliphatic rings. The van der Waals surface area contributed by atoms with Gasteiger partial charge in [0.05, 0.1) is 0 Å². The van der Waals surface area contributed by atoms with Crippen LogP contribution in [0.1, 0.15) is 40.0 Å². The highest BCUT2D eigenvalue weighted by molar-refractivity contribution is 6.15. The topological polar surface area (TPSA) is 131 Å². The molecule has 1 saturated heterocycles. The van der Waals surface area contributed by atoms with Gasteiger partial charge in [-0.3, -0.25) is 15.0 Å². The lowest BCUT2D eigenvalue weighted by molar-refractivity contribution is -0.222. The van der Waals surface area contributed by atoms with Gasteiger partial charge in [-0.2, -0.15) is 0 Å². The number of carboxylic acids is 1. The summed E-state index contributed by atoms with van der Waals surface area (Å²) in [6.07, 6.45) is 3.35. The largest absolute Gasteiger partial charge is 0.480 e. The second-order valence-corrected chi connectivity index (χ2v) is 6.48. The normalized spacial score (nSPS) is 25.2. The second-order valence-electron chi connectivity index (χ2n) is 6.48. The molecule has 136 valence electrons. The molecule has 1 fully saturated rings. The first-order chi connectivity index (χ1) is 11.6. The van der Waals surface area contributed by atoms with Crippen molar-refractivity contribution in [3.05, 3.63) is 23.4 Å². The van der Waals surface area contributed by atoms with Gasteiger partial charge in [-0.25, -0.2) is 9.59 Å². The molecule has 9 nitrogen and oxygen atoms in total. The minimum Gasteiger partial charge on any atom is -0.480 e. The molecule has 9 heteroatoms. The minimum absolute atomic E-state index is 0.0660. The fourth-order valence-corrected chi connectivity index (χ4v) is 2.53. The molecule has 1 aliphatic carbocycles. The number of esters is 2. The van der Waals surface area contributed by atoms with Crippen LogP contribution in [0.15, 0.2) is 23.4 Å². The Kier molecular flexibility index (Phi) is 4.87. The SMILES string of the molecule is CC1=CCC(C(=O)O)(C(=O)NNC=C2C(=O)OC(C)(C)OC2=O)CC1. The van der Waals surface area contributed by atoms with Crippen LogP contribution in [0, 0.1) is 5.41 Å². The van der Waals surface area contributed by atoms with E-state index in [9.17, 15) is 24.3 Å². The van der Waals surface area contributed by atoms with Crippen molar-refractivity contribution in [2.45, 2.75) is 45.8 Å². The first kappa shape index (κ1) is 18.5. The van der Waals surface area contributed by atoms with Crippen molar-refractivity contribution >= 4 is 23.8 Å². The van der Waals surface area contributed by atoms with Crippen molar-refractivity contribution in [3.63, 3.8) is 0 Å². The predicted octanol–water partition coefficient (Wildman–Crippen LogP) is 0.528. The molecule has 0 bridgehead atoms. The molecule has 2 rings (SSSR count). The van der Waals surface area contributed by atoms with Gasteiger partial charge in [0.25, 0.3) is 11.7 Å². The number of carbonyl (C=O) groups is 4. The lowest BCUT2D eigenvalue weighted by Crippen LogP contribution is -2.51. The van der Waals surface area contributed by atoms with Crippen molar-refractivity contribution in [3.8, 4) is 0 Å². The van der Waals surface area contributed by atoms with E-state index in [0.717, 1.165) is 11.8 Å². The van der Waals surface area contributed by atoms with Gasteiger partial charge in [0.2, 0.25) is 0 Å². The van der Waals surface area contributed by atoms with E-state index in [1.165, 1.54) is 13.8 Å². The summed E-state index contributed by atoms with van der Waals surface area (Å²) in [5.74, 6) is -5.19. The highest BCUT2D eigenvalue weighted by atomic mass is 16.7. The van der Waals surface area contributed by atoms with Crippen LogP contribution < -0.4 is 10.9 Å². The number of cyclic esters (lactones) is 2. The molecular formula is C16H20N2O7. The number of hydrogen-bond acceptors (Lipinski definition) is 7. The maximum Gasteiger partial charge on any atom is 0.350 e. The summed E-state index contributed by atoms with van der Waals surface area (Å²) in [4.78, 5) is 47.4. The van der Waals surface area contributed by atoms with E-state index >= 15 is 0 Å². The van der Waals surface area contributed by atoms with E-state index in [-0.39, 0.29) is 12.8 Å². The molecule has 25 heavy (non-hydrogen) atoms. The Bertz CT molecular complexity index is 671. The number of carboxylic acid groups (broad SMARTS) is 1. The monoisotopic (exact) mass is 352 g/mol. The van der Waals surface area contributed by atoms with Crippen LogP contribution in [0.4, 0.5) is 0 Å². The number of allylic oxidation sites excluding steroid dienone is 2. The highest BCUT2D eigenvalue weighted by Gasteiger charge is 2.46. The summed E-state index contributed by atoms with van der Waals surface area (Å²) in [5, 5.41) is 9.45. The zero-order chi connectivity index (χ0) is 18.8. The summed E-state index contributed by atoms with van der Waals surface area (Å²) in [6, 6.07) is 0. The average molecular weight is 352 g/mol. The zero-order valence-electron chi connectivity index (χ0n) is 14.2. The fourth-order valence-electron chi connectivity index (χ4n) is 2.53. The molecule has 0 aromatic heterocycles. The number of hydrazine groups is 1. The van der Waals surface area contributed by atoms with Crippen molar-refractivity contribution in [1.29, 1.82) is 0 Å². The van der Waals surface area contributed by atoms with Crippen LogP contribution in [0.25, 0.3) is 0 Å². The van der Waals surface area contributed by atoms with E-state index < -0.39 is 40.6 Å². The quantitative estimate of drug-likeness (QED) is 0.167. The van der Waals surface area contributed by atoms with Gasteiger partial charge in [0.15, 0.2) is 11.0 Å².